The highest BCUT2D eigenvalue weighted by molar-refractivity contribution is 7.90. The summed E-state index contributed by atoms with van der Waals surface area (Å²) in [4.78, 5) is 10.5. The van der Waals surface area contributed by atoms with Crippen molar-refractivity contribution >= 4 is 9.84 Å². The van der Waals surface area contributed by atoms with Gasteiger partial charge in [0.15, 0.2) is 0 Å². The molecule has 27 heavy (non-hydrogen) atoms. The molecule has 0 radical (unpaired) electrons. The van der Waals surface area contributed by atoms with E-state index in [1.54, 1.807) is 6.20 Å². The van der Waals surface area contributed by atoms with Crippen LogP contribution in [0.2, 0.25) is 0 Å². The lowest BCUT2D eigenvalue weighted by atomic mass is 10.1. The number of nitrogens with zero attached hydrogens (tertiary/aromatic N) is 3. The Morgan fingerprint density at radius 3 is 2.67 bits per heavy atom. The van der Waals surface area contributed by atoms with E-state index in [0.717, 1.165) is 47.7 Å². The molecule has 1 aromatic carbocycles. The Morgan fingerprint density at radius 1 is 1.19 bits per heavy atom. The van der Waals surface area contributed by atoms with Crippen LogP contribution >= 0.6 is 0 Å². The van der Waals surface area contributed by atoms with Crippen molar-refractivity contribution in [2.24, 2.45) is 0 Å². The number of rotatable bonds is 7. The van der Waals surface area contributed by atoms with Gasteiger partial charge < -0.3 is 9.47 Å². The number of hydrogen-bond donors (Lipinski definition) is 0. The summed E-state index contributed by atoms with van der Waals surface area (Å²) in [5.74, 6) is 1.63. The maximum absolute atomic E-state index is 11.6. The second-order valence-corrected chi connectivity index (χ2v) is 8.40. The van der Waals surface area contributed by atoms with E-state index < -0.39 is 9.84 Å². The van der Waals surface area contributed by atoms with Crippen LogP contribution < -0.4 is 9.47 Å². The van der Waals surface area contributed by atoms with Gasteiger partial charge in [0.05, 0.1) is 18.9 Å². The van der Waals surface area contributed by atoms with E-state index in [9.17, 15) is 8.42 Å². The fourth-order valence-electron chi connectivity index (χ4n) is 3.12. The molecule has 1 aliphatic heterocycles. The van der Waals surface area contributed by atoms with Gasteiger partial charge in [0, 0.05) is 55.7 Å². The monoisotopic (exact) mass is 391 g/mol. The fourth-order valence-corrected chi connectivity index (χ4v) is 3.64. The van der Waals surface area contributed by atoms with Crippen molar-refractivity contribution in [1.82, 2.24) is 14.9 Å². The second-order valence-electron chi connectivity index (χ2n) is 6.49. The molecule has 0 spiro atoms. The number of ether oxygens (including phenoxy) is 2. The molecule has 3 rings (SSSR count). The third-order valence-corrected chi connectivity index (χ3v) is 5.23. The molecular weight excluding hydrogens is 366 g/mol. The zero-order chi connectivity index (χ0) is 19.4. The highest BCUT2D eigenvalue weighted by atomic mass is 32.2. The SMILES string of the molecule is CCOc1ccc(CN2CCc3nc(S(C)(=O)=O)ncc3C2)c(OCC)c1. The van der Waals surface area contributed by atoms with Gasteiger partial charge in [0.1, 0.15) is 11.5 Å². The van der Waals surface area contributed by atoms with Crippen LogP contribution in [0, 0.1) is 0 Å². The van der Waals surface area contributed by atoms with Gasteiger partial charge in [-0.3, -0.25) is 4.90 Å². The van der Waals surface area contributed by atoms with Crippen molar-refractivity contribution in [1.29, 1.82) is 0 Å². The van der Waals surface area contributed by atoms with Gasteiger partial charge >= 0.3 is 0 Å². The normalized spacial score (nSPS) is 14.6. The average Bonchev–Trinajstić information content (AvgIpc) is 2.63. The number of fused-ring (bicyclic) bond motifs is 1. The largest absolute Gasteiger partial charge is 0.494 e. The summed E-state index contributed by atoms with van der Waals surface area (Å²) >= 11 is 0. The predicted molar refractivity (Wildman–Crippen MR) is 102 cm³/mol. The molecule has 7 nitrogen and oxygen atoms in total. The summed E-state index contributed by atoms with van der Waals surface area (Å²) in [5, 5.41) is -0.0974. The maximum Gasteiger partial charge on any atom is 0.246 e. The lowest BCUT2D eigenvalue weighted by Crippen LogP contribution is -2.31. The van der Waals surface area contributed by atoms with Crippen LogP contribution in [-0.2, 0) is 29.3 Å². The Balaban J connectivity index is 1.76. The van der Waals surface area contributed by atoms with Crippen LogP contribution in [0.4, 0.5) is 0 Å². The topological polar surface area (TPSA) is 81.6 Å². The average molecular weight is 391 g/mol. The first kappa shape index (κ1) is 19.6. The molecule has 0 aliphatic carbocycles. The molecule has 1 aromatic heterocycles. The number of hydrogen-bond acceptors (Lipinski definition) is 7. The van der Waals surface area contributed by atoms with Gasteiger partial charge in [-0.05, 0) is 19.9 Å². The summed E-state index contributed by atoms with van der Waals surface area (Å²) in [5.41, 5.74) is 2.88. The Labute approximate surface area is 160 Å². The zero-order valence-electron chi connectivity index (χ0n) is 15.9. The van der Waals surface area contributed by atoms with Crippen molar-refractivity contribution in [3.05, 3.63) is 41.2 Å². The van der Waals surface area contributed by atoms with Crippen LogP contribution in [0.1, 0.15) is 30.7 Å². The highest BCUT2D eigenvalue weighted by Gasteiger charge is 2.22. The molecular formula is C19H25N3O4S. The molecule has 0 bridgehead atoms. The molecule has 0 amide bonds. The van der Waals surface area contributed by atoms with E-state index in [0.29, 0.717) is 26.2 Å². The van der Waals surface area contributed by atoms with E-state index in [2.05, 4.69) is 14.9 Å². The van der Waals surface area contributed by atoms with Gasteiger partial charge in [-0.25, -0.2) is 18.4 Å². The molecule has 1 aliphatic rings. The van der Waals surface area contributed by atoms with Gasteiger partial charge in [0.2, 0.25) is 15.0 Å². The molecule has 146 valence electrons. The van der Waals surface area contributed by atoms with Gasteiger partial charge in [-0.2, -0.15) is 0 Å². The Morgan fingerprint density at radius 2 is 1.96 bits per heavy atom. The van der Waals surface area contributed by atoms with E-state index in [-0.39, 0.29) is 5.16 Å². The molecule has 2 aromatic rings. The standard InChI is InChI=1S/C19H25N3O4S/c1-4-25-16-7-6-14(18(10-16)26-5-2)12-22-9-8-17-15(13-22)11-20-19(21-17)27(3,23)24/h6-7,10-11H,4-5,8-9,12-13H2,1-3H3. The molecule has 8 heteroatoms. The predicted octanol–water partition coefficient (Wildman–Crippen LogP) is 2.24. The van der Waals surface area contributed by atoms with Gasteiger partial charge in [0.25, 0.3) is 0 Å². The van der Waals surface area contributed by atoms with Crippen molar-refractivity contribution in [2.45, 2.75) is 38.5 Å². The van der Waals surface area contributed by atoms with Crippen LogP contribution in [0.5, 0.6) is 11.5 Å². The number of aromatic nitrogens is 2. The molecule has 0 atom stereocenters. The van der Waals surface area contributed by atoms with E-state index in [1.165, 1.54) is 0 Å². The molecule has 0 fully saturated rings. The van der Waals surface area contributed by atoms with Crippen LogP contribution in [0.25, 0.3) is 0 Å². The van der Waals surface area contributed by atoms with Crippen molar-refractivity contribution in [2.75, 3.05) is 26.0 Å². The van der Waals surface area contributed by atoms with Gasteiger partial charge in [-0.1, -0.05) is 6.07 Å². The van der Waals surface area contributed by atoms with Crippen LogP contribution in [-0.4, -0.2) is 49.3 Å². The Hall–Kier alpha value is -2.19. The van der Waals surface area contributed by atoms with E-state index in [1.807, 2.05) is 32.0 Å². The summed E-state index contributed by atoms with van der Waals surface area (Å²) in [6.45, 7) is 7.33. The minimum Gasteiger partial charge on any atom is -0.494 e. The first-order valence-corrected chi connectivity index (χ1v) is 11.0. The third-order valence-electron chi connectivity index (χ3n) is 4.37. The Bertz CT molecular complexity index is 915. The van der Waals surface area contributed by atoms with Crippen LogP contribution in [0.3, 0.4) is 0 Å². The van der Waals surface area contributed by atoms with E-state index >= 15 is 0 Å². The molecule has 0 N–H and O–H groups in total. The summed E-state index contributed by atoms with van der Waals surface area (Å²) < 4.78 is 34.6. The molecule has 0 saturated carbocycles. The quantitative estimate of drug-likeness (QED) is 0.670. The molecule has 2 heterocycles. The smallest absolute Gasteiger partial charge is 0.246 e. The van der Waals surface area contributed by atoms with Gasteiger partial charge in [-0.15, -0.1) is 0 Å². The second kappa shape index (κ2) is 8.22. The van der Waals surface area contributed by atoms with Crippen molar-refractivity contribution in [3.63, 3.8) is 0 Å². The fraction of sp³-hybridized carbons (Fsp3) is 0.474. The summed E-state index contributed by atoms with van der Waals surface area (Å²) in [6, 6.07) is 5.93. The number of sulfone groups is 1. The van der Waals surface area contributed by atoms with Crippen LogP contribution in [0.15, 0.2) is 29.6 Å². The zero-order valence-corrected chi connectivity index (χ0v) is 16.8. The first-order chi connectivity index (χ1) is 12.9. The minimum absolute atomic E-state index is 0.0974. The lowest BCUT2D eigenvalue weighted by Gasteiger charge is -2.28. The molecule has 0 unspecified atom stereocenters. The maximum atomic E-state index is 11.6. The summed E-state index contributed by atoms with van der Waals surface area (Å²) in [6.07, 6.45) is 3.46. The van der Waals surface area contributed by atoms with Crippen molar-refractivity contribution in [3.8, 4) is 11.5 Å². The number of benzene rings is 1. The summed E-state index contributed by atoms with van der Waals surface area (Å²) in [7, 11) is -3.38. The Kier molecular flexibility index (Phi) is 5.96. The highest BCUT2D eigenvalue weighted by Crippen LogP contribution is 2.28. The van der Waals surface area contributed by atoms with Crippen molar-refractivity contribution < 1.29 is 17.9 Å². The minimum atomic E-state index is -3.38. The first-order valence-electron chi connectivity index (χ1n) is 9.06. The lowest BCUT2D eigenvalue weighted by molar-refractivity contribution is 0.235. The molecule has 0 saturated heterocycles. The third kappa shape index (κ3) is 4.75. The van der Waals surface area contributed by atoms with E-state index in [4.69, 9.17) is 9.47 Å².